The molecule has 0 spiro atoms. The maximum Gasteiger partial charge on any atom is 0.174 e. The predicted molar refractivity (Wildman–Crippen MR) is 59.8 cm³/mol. The van der Waals surface area contributed by atoms with Gasteiger partial charge in [0, 0.05) is 7.11 Å². The molecule has 0 aromatic heterocycles. The van der Waals surface area contributed by atoms with Crippen molar-refractivity contribution < 1.29 is 19.3 Å². The molecule has 0 saturated carbocycles. The molecule has 1 rings (SSSR count). The Morgan fingerprint density at radius 2 is 2.31 bits per heavy atom. The number of hydrogen-bond acceptors (Lipinski definition) is 4. The van der Waals surface area contributed by atoms with Crippen molar-refractivity contribution in [2.24, 2.45) is 0 Å². The summed E-state index contributed by atoms with van der Waals surface area (Å²) in [4.78, 5) is 0. The molecule has 4 heteroatoms. The smallest absolute Gasteiger partial charge is 0.174 e. The van der Waals surface area contributed by atoms with E-state index in [0.29, 0.717) is 6.61 Å². The van der Waals surface area contributed by atoms with Gasteiger partial charge in [-0.05, 0) is 6.42 Å². The highest BCUT2D eigenvalue weighted by Gasteiger charge is 2.42. The van der Waals surface area contributed by atoms with Crippen LogP contribution in [0.2, 0.25) is 0 Å². The van der Waals surface area contributed by atoms with Gasteiger partial charge in [-0.1, -0.05) is 31.6 Å². The Hall–Kier alpha value is -0.600. The highest BCUT2D eigenvalue weighted by atomic mass is 16.7. The van der Waals surface area contributed by atoms with Crippen LogP contribution in [0.4, 0.5) is 0 Å². The molecule has 0 aromatic carbocycles. The number of unbranched alkanes of at least 4 members (excludes halogenated alkanes) is 1. The third-order valence-corrected chi connectivity index (χ3v) is 2.42. The molecule has 92 valence electrons. The van der Waals surface area contributed by atoms with Crippen LogP contribution in [0.3, 0.4) is 0 Å². The minimum absolute atomic E-state index is 0.0508. The summed E-state index contributed by atoms with van der Waals surface area (Å²) in [5.74, 6) is 5.94. The molecular weight excluding hydrogens is 208 g/mol. The lowest BCUT2D eigenvalue weighted by atomic mass is 10.1. The second-order valence-corrected chi connectivity index (χ2v) is 3.91. The Balaban J connectivity index is 2.41. The van der Waals surface area contributed by atoms with Gasteiger partial charge in [0.1, 0.15) is 12.9 Å². The minimum Gasteiger partial charge on any atom is -0.392 e. The number of rotatable bonds is 7. The second kappa shape index (κ2) is 6.87. The summed E-state index contributed by atoms with van der Waals surface area (Å²) in [7, 11) is 1.59. The lowest BCUT2D eigenvalue weighted by Crippen LogP contribution is -2.17. The summed E-state index contributed by atoms with van der Waals surface area (Å²) < 4.78 is 15.4. The number of aliphatic hydroxyl groups excluding tert-OH is 1. The van der Waals surface area contributed by atoms with E-state index in [2.05, 4.69) is 18.8 Å². The van der Waals surface area contributed by atoms with Crippen molar-refractivity contribution in [2.75, 3.05) is 27.1 Å². The fourth-order valence-corrected chi connectivity index (χ4v) is 1.24. The standard InChI is InChI=1S/C12H20O4/c1-3-4-5-11(15-10-14-2)6-7-12(8-13)9-16-12/h11,13H,3-5,8-10H2,1-2H3/t11-,12+/m1/s1. The highest BCUT2D eigenvalue weighted by Crippen LogP contribution is 2.24. The summed E-state index contributed by atoms with van der Waals surface area (Å²) in [6.07, 6.45) is 2.92. The average Bonchev–Trinajstić information content (AvgIpc) is 3.09. The zero-order valence-corrected chi connectivity index (χ0v) is 9.99. The molecule has 1 aliphatic heterocycles. The monoisotopic (exact) mass is 228 g/mol. The normalized spacial score (nSPS) is 24.7. The van der Waals surface area contributed by atoms with Gasteiger partial charge in [0.05, 0.1) is 13.2 Å². The lowest BCUT2D eigenvalue weighted by molar-refractivity contribution is -0.0548. The van der Waals surface area contributed by atoms with E-state index in [1.54, 1.807) is 7.11 Å². The zero-order valence-electron chi connectivity index (χ0n) is 9.99. The molecule has 0 unspecified atom stereocenters. The molecule has 0 bridgehead atoms. The van der Waals surface area contributed by atoms with Crippen LogP contribution in [0.1, 0.15) is 26.2 Å². The van der Waals surface area contributed by atoms with Crippen LogP contribution < -0.4 is 0 Å². The van der Waals surface area contributed by atoms with E-state index < -0.39 is 5.60 Å². The van der Waals surface area contributed by atoms with E-state index in [4.69, 9.17) is 19.3 Å². The number of aliphatic hydroxyl groups is 1. The maximum absolute atomic E-state index is 9.03. The zero-order chi connectivity index (χ0) is 11.9. The summed E-state index contributed by atoms with van der Waals surface area (Å²) in [5.41, 5.74) is -0.610. The number of methoxy groups -OCH3 is 1. The summed E-state index contributed by atoms with van der Waals surface area (Å²) in [5, 5.41) is 9.03. The van der Waals surface area contributed by atoms with E-state index in [1.165, 1.54) is 0 Å². The van der Waals surface area contributed by atoms with Gasteiger partial charge in [-0.15, -0.1) is 0 Å². The Kier molecular flexibility index (Phi) is 5.78. The Morgan fingerprint density at radius 1 is 1.56 bits per heavy atom. The first-order chi connectivity index (χ1) is 7.76. The summed E-state index contributed by atoms with van der Waals surface area (Å²) >= 11 is 0. The fourth-order valence-electron chi connectivity index (χ4n) is 1.24. The molecule has 0 radical (unpaired) electrons. The minimum atomic E-state index is -0.610. The fraction of sp³-hybridized carbons (Fsp3) is 0.833. The SMILES string of the molecule is CCCC[C@H](C#C[C@]1(CO)CO1)OCOC. The molecule has 1 saturated heterocycles. The van der Waals surface area contributed by atoms with Crippen LogP contribution in [0.5, 0.6) is 0 Å². The van der Waals surface area contributed by atoms with Crippen molar-refractivity contribution >= 4 is 0 Å². The van der Waals surface area contributed by atoms with Gasteiger partial charge in [0.25, 0.3) is 0 Å². The second-order valence-electron chi connectivity index (χ2n) is 3.91. The molecule has 1 heterocycles. The Morgan fingerprint density at radius 3 is 2.81 bits per heavy atom. The van der Waals surface area contributed by atoms with Gasteiger partial charge < -0.3 is 19.3 Å². The molecule has 16 heavy (non-hydrogen) atoms. The number of hydrogen-bond donors (Lipinski definition) is 1. The van der Waals surface area contributed by atoms with Crippen LogP contribution in [0, 0.1) is 11.8 Å². The van der Waals surface area contributed by atoms with Gasteiger partial charge >= 0.3 is 0 Å². The van der Waals surface area contributed by atoms with E-state index in [0.717, 1.165) is 19.3 Å². The number of epoxide rings is 1. The van der Waals surface area contributed by atoms with Crippen molar-refractivity contribution in [2.45, 2.75) is 37.9 Å². The van der Waals surface area contributed by atoms with Gasteiger partial charge in [-0.25, -0.2) is 0 Å². The van der Waals surface area contributed by atoms with Crippen molar-refractivity contribution in [1.29, 1.82) is 0 Å². The van der Waals surface area contributed by atoms with Crippen molar-refractivity contribution in [3.63, 3.8) is 0 Å². The third kappa shape index (κ3) is 4.50. The molecule has 2 atom stereocenters. The summed E-state index contributed by atoms with van der Waals surface area (Å²) in [6.45, 7) is 2.84. The first-order valence-corrected chi connectivity index (χ1v) is 5.64. The van der Waals surface area contributed by atoms with E-state index in [9.17, 15) is 0 Å². The Bertz CT molecular complexity index is 241. The first kappa shape index (κ1) is 13.5. The van der Waals surface area contributed by atoms with Gasteiger partial charge in [-0.3, -0.25) is 0 Å². The molecule has 1 fully saturated rings. The first-order valence-electron chi connectivity index (χ1n) is 5.64. The quantitative estimate of drug-likeness (QED) is 0.400. The maximum atomic E-state index is 9.03. The molecule has 1 N–H and O–H groups in total. The average molecular weight is 228 g/mol. The van der Waals surface area contributed by atoms with Crippen LogP contribution in [-0.2, 0) is 14.2 Å². The van der Waals surface area contributed by atoms with Crippen LogP contribution in [0.25, 0.3) is 0 Å². The van der Waals surface area contributed by atoms with Crippen molar-refractivity contribution in [3.8, 4) is 11.8 Å². The highest BCUT2D eigenvalue weighted by molar-refractivity contribution is 5.23. The van der Waals surface area contributed by atoms with Gasteiger partial charge in [0.2, 0.25) is 0 Å². The topological polar surface area (TPSA) is 51.2 Å². The van der Waals surface area contributed by atoms with Gasteiger partial charge in [-0.2, -0.15) is 0 Å². The van der Waals surface area contributed by atoms with Crippen molar-refractivity contribution in [3.05, 3.63) is 0 Å². The van der Waals surface area contributed by atoms with Crippen LogP contribution in [-0.4, -0.2) is 43.9 Å². The molecule has 0 amide bonds. The van der Waals surface area contributed by atoms with E-state index >= 15 is 0 Å². The Labute approximate surface area is 96.9 Å². The van der Waals surface area contributed by atoms with Crippen LogP contribution >= 0.6 is 0 Å². The van der Waals surface area contributed by atoms with Crippen LogP contribution in [0.15, 0.2) is 0 Å². The number of ether oxygens (including phenoxy) is 3. The predicted octanol–water partition coefficient (Wildman–Crippen LogP) is 0.930. The van der Waals surface area contributed by atoms with Gasteiger partial charge in [0.15, 0.2) is 5.60 Å². The molecule has 4 nitrogen and oxygen atoms in total. The third-order valence-electron chi connectivity index (χ3n) is 2.42. The van der Waals surface area contributed by atoms with E-state index in [-0.39, 0.29) is 19.5 Å². The van der Waals surface area contributed by atoms with Crippen molar-refractivity contribution in [1.82, 2.24) is 0 Å². The molecule has 1 aliphatic rings. The molecule has 0 aromatic rings. The van der Waals surface area contributed by atoms with E-state index in [1.807, 2.05) is 0 Å². The molecular formula is C12H20O4. The summed E-state index contributed by atoms with van der Waals surface area (Å²) in [6, 6.07) is 0. The largest absolute Gasteiger partial charge is 0.392 e. The lowest BCUT2D eigenvalue weighted by Gasteiger charge is -2.10. The molecule has 0 aliphatic carbocycles.